The van der Waals surface area contributed by atoms with Gasteiger partial charge in [-0.15, -0.1) is 0 Å². The van der Waals surface area contributed by atoms with Gasteiger partial charge in [0.2, 0.25) is 0 Å². The molecule has 0 aromatic carbocycles. The number of morpholine rings is 1. The largest absolute Gasteiger partial charge is 0.379 e. The van der Waals surface area contributed by atoms with Crippen LogP contribution >= 0.6 is 11.6 Å². The summed E-state index contributed by atoms with van der Waals surface area (Å²) < 4.78 is 5.39. The van der Waals surface area contributed by atoms with Crippen molar-refractivity contribution in [3.05, 3.63) is 11.6 Å². The fourth-order valence-electron chi connectivity index (χ4n) is 2.78. The van der Waals surface area contributed by atoms with Gasteiger partial charge >= 0.3 is 0 Å². The van der Waals surface area contributed by atoms with Crippen LogP contribution < -0.4 is 0 Å². The number of hydrogen-bond acceptors (Lipinski definition) is 3. The fourth-order valence-corrected chi connectivity index (χ4v) is 2.93. The highest BCUT2D eigenvalue weighted by Crippen LogP contribution is 2.20. The van der Waals surface area contributed by atoms with E-state index in [0.29, 0.717) is 6.04 Å². The summed E-state index contributed by atoms with van der Waals surface area (Å²) in [5, 5.41) is 0.763. The zero-order chi connectivity index (χ0) is 12.1. The van der Waals surface area contributed by atoms with Gasteiger partial charge in [-0.05, 0) is 19.4 Å². The Morgan fingerprint density at radius 3 is 2.71 bits per heavy atom. The highest BCUT2D eigenvalue weighted by Gasteiger charge is 2.25. The monoisotopic (exact) mass is 258 g/mol. The van der Waals surface area contributed by atoms with Crippen molar-refractivity contribution in [2.24, 2.45) is 0 Å². The van der Waals surface area contributed by atoms with Crippen LogP contribution in [0.4, 0.5) is 0 Å². The van der Waals surface area contributed by atoms with Gasteiger partial charge in [-0.1, -0.05) is 24.6 Å². The predicted octanol–water partition coefficient (Wildman–Crippen LogP) is 1.93. The molecule has 2 fully saturated rings. The van der Waals surface area contributed by atoms with Crippen molar-refractivity contribution >= 4 is 11.6 Å². The first-order chi connectivity index (χ1) is 8.25. The van der Waals surface area contributed by atoms with Crippen molar-refractivity contribution < 1.29 is 4.74 Å². The third kappa shape index (κ3) is 4.25. The molecule has 0 amide bonds. The summed E-state index contributed by atoms with van der Waals surface area (Å²) >= 11 is 5.95. The summed E-state index contributed by atoms with van der Waals surface area (Å²) in [5.74, 6) is 0. The Kier molecular flexibility index (Phi) is 5.29. The molecule has 0 aromatic heterocycles. The van der Waals surface area contributed by atoms with Gasteiger partial charge in [0.05, 0.1) is 13.2 Å². The van der Waals surface area contributed by atoms with Gasteiger partial charge in [-0.3, -0.25) is 9.80 Å². The third-order valence-corrected chi connectivity index (χ3v) is 3.82. The molecule has 2 aliphatic rings. The van der Waals surface area contributed by atoms with E-state index in [1.165, 1.54) is 25.8 Å². The quantitative estimate of drug-likeness (QED) is 0.766. The minimum atomic E-state index is 0.650. The van der Waals surface area contributed by atoms with Crippen LogP contribution in [0.1, 0.15) is 19.3 Å². The highest BCUT2D eigenvalue weighted by atomic mass is 35.5. The second kappa shape index (κ2) is 6.74. The Morgan fingerprint density at radius 1 is 1.24 bits per heavy atom. The molecule has 0 N–H and O–H groups in total. The van der Waals surface area contributed by atoms with E-state index in [0.717, 1.165) is 44.4 Å². The Bertz CT molecular complexity index is 254. The van der Waals surface area contributed by atoms with Crippen molar-refractivity contribution in [1.82, 2.24) is 9.80 Å². The normalized spacial score (nSPS) is 28.2. The first-order valence-corrected chi connectivity index (χ1v) is 7.01. The number of piperidine rings is 1. The minimum Gasteiger partial charge on any atom is -0.379 e. The lowest BCUT2D eigenvalue weighted by Gasteiger charge is -2.39. The average molecular weight is 259 g/mol. The maximum Gasteiger partial charge on any atom is 0.0594 e. The Hall–Kier alpha value is -0.0900. The summed E-state index contributed by atoms with van der Waals surface area (Å²) in [7, 11) is 0. The van der Waals surface area contributed by atoms with Crippen LogP contribution in [0.3, 0.4) is 0 Å². The summed E-state index contributed by atoms with van der Waals surface area (Å²) in [6.07, 6.45) is 3.94. The minimum absolute atomic E-state index is 0.650. The molecule has 98 valence electrons. The van der Waals surface area contributed by atoms with Gasteiger partial charge in [-0.25, -0.2) is 0 Å². The summed E-state index contributed by atoms with van der Waals surface area (Å²) in [6.45, 7) is 10.9. The van der Waals surface area contributed by atoms with Crippen LogP contribution in [-0.4, -0.2) is 61.8 Å². The summed E-state index contributed by atoms with van der Waals surface area (Å²) in [4.78, 5) is 5.01. The number of likely N-dealkylation sites (tertiary alicyclic amines) is 1. The van der Waals surface area contributed by atoms with Crippen molar-refractivity contribution in [2.45, 2.75) is 25.3 Å². The zero-order valence-electron chi connectivity index (χ0n) is 10.5. The first-order valence-electron chi connectivity index (χ1n) is 6.63. The molecule has 0 bridgehead atoms. The van der Waals surface area contributed by atoms with Crippen LogP contribution in [0.15, 0.2) is 11.6 Å². The second-order valence-electron chi connectivity index (χ2n) is 5.05. The van der Waals surface area contributed by atoms with Crippen LogP contribution in [0.25, 0.3) is 0 Å². The maximum atomic E-state index is 5.95. The molecule has 0 radical (unpaired) electrons. The molecule has 2 rings (SSSR count). The van der Waals surface area contributed by atoms with Gasteiger partial charge in [0, 0.05) is 37.3 Å². The molecule has 17 heavy (non-hydrogen) atoms. The molecule has 2 saturated heterocycles. The molecule has 0 saturated carbocycles. The number of hydrogen-bond donors (Lipinski definition) is 0. The number of ether oxygens (including phenoxy) is 1. The molecule has 3 nitrogen and oxygen atoms in total. The van der Waals surface area contributed by atoms with Gasteiger partial charge < -0.3 is 4.74 Å². The van der Waals surface area contributed by atoms with Crippen LogP contribution in [0.5, 0.6) is 0 Å². The van der Waals surface area contributed by atoms with E-state index in [2.05, 4.69) is 16.4 Å². The molecular weight excluding hydrogens is 236 g/mol. The van der Waals surface area contributed by atoms with E-state index in [1.807, 2.05) is 0 Å². The molecule has 0 unspecified atom stereocenters. The van der Waals surface area contributed by atoms with Crippen molar-refractivity contribution in [1.29, 1.82) is 0 Å². The summed E-state index contributed by atoms with van der Waals surface area (Å²) in [6, 6.07) is 0.650. The molecule has 0 spiro atoms. The zero-order valence-corrected chi connectivity index (χ0v) is 11.3. The molecule has 0 aliphatic carbocycles. The van der Waals surface area contributed by atoms with E-state index >= 15 is 0 Å². The number of halogens is 1. The van der Waals surface area contributed by atoms with Crippen molar-refractivity contribution in [2.75, 3.05) is 45.9 Å². The van der Waals surface area contributed by atoms with Gasteiger partial charge in [0.15, 0.2) is 0 Å². The highest BCUT2D eigenvalue weighted by molar-refractivity contribution is 6.29. The first kappa shape index (κ1) is 13.3. The molecule has 2 aliphatic heterocycles. The van der Waals surface area contributed by atoms with Gasteiger partial charge in [0.25, 0.3) is 0 Å². The third-order valence-electron chi connectivity index (χ3n) is 3.70. The standard InChI is InChI=1S/C13H23ClN2O/c1-12(14)10-16-5-3-2-4-13(16)11-15-6-8-17-9-7-15/h13H,1-11H2/t13-/m0/s1. The average Bonchev–Trinajstić information content (AvgIpc) is 2.32. The topological polar surface area (TPSA) is 15.7 Å². The molecule has 4 heteroatoms. The van der Waals surface area contributed by atoms with Gasteiger partial charge in [-0.2, -0.15) is 0 Å². The predicted molar refractivity (Wildman–Crippen MR) is 71.5 cm³/mol. The van der Waals surface area contributed by atoms with Crippen molar-refractivity contribution in [3.8, 4) is 0 Å². The Morgan fingerprint density at radius 2 is 2.00 bits per heavy atom. The van der Waals surface area contributed by atoms with E-state index in [-0.39, 0.29) is 0 Å². The summed E-state index contributed by atoms with van der Waals surface area (Å²) in [5.41, 5.74) is 0. The lowest BCUT2D eigenvalue weighted by Crippen LogP contribution is -2.49. The molecule has 1 atom stereocenters. The lowest BCUT2D eigenvalue weighted by atomic mass is 10.0. The van der Waals surface area contributed by atoms with E-state index in [1.54, 1.807) is 0 Å². The molecule has 0 aromatic rings. The molecule has 2 heterocycles. The van der Waals surface area contributed by atoms with Crippen LogP contribution in [-0.2, 0) is 4.74 Å². The Balaban J connectivity index is 1.84. The van der Waals surface area contributed by atoms with Crippen LogP contribution in [0.2, 0.25) is 0 Å². The fraction of sp³-hybridized carbons (Fsp3) is 0.846. The number of nitrogens with zero attached hydrogens (tertiary/aromatic N) is 2. The van der Waals surface area contributed by atoms with E-state index in [9.17, 15) is 0 Å². The Labute approximate surface area is 109 Å². The maximum absolute atomic E-state index is 5.95. The van der Waals surface area contributed by atoms with Gasteiger partial charge in [0.1, 0.15) is 0 Å². The second-order valence-corrected chi connectivity index (χ2v) is 5.58. The lowest BCUT2D eigenvalue weighted by molar-refractivity contribution is 0.0184. The van der Waals surface area contributed by atoms with E-state index < -0.39 is 0 Å². The molecular formula is C13H23ClN2O. The van der Waals surface area contributed by atoms with Crippen molar-refractivity contribution in [3.63, 3.8) is 0 Å². The van der Waals surface area contributed by atoms with E-state index in [4.69, 9.17) is 16.3 Å². The SMILES string of the molecule is C=C(Cl)CN1CCCC[C@H]1CN1CCOCC1. The van der Waals surface area contributed by atoms with Crippen LogP contribution in [0, 0.1) is 0 Å². The smallest absolute Gasteiger partial charge is 0.0594 e. The number of rotatable bonds is 4.